The van der Waals surface area contributed by atoms with Crippen LogP contribution < -0.4 is 11.1 Å². The summed E-state index contributed by atoms with van der Waals surface area (Å²) < 4.78 is 0. The zero-order chi connectivity index (χ0) is 16.8. The van der Waals surface area contributed by atoms with E-state index in [0.29, 0.717) is 5.69 Å². The lowest BCUT2D eigenvalue weighted by Crippen LogP contribution is -2.44. The number of nitrogens with two attached hydrogens (primary N) is 1. The van der Waals surface area contributed by atoms with Crippen molar-refractivity contribution in [1.82, 2.24) is 9.80 Å². The Bertz CT molecular complexity index is 609. The van der Waals surface area contributed by atoms with Gasteiger partial charge in [-0.2, -0.15) is 5.26 Å². The van der Waals surface area contributed by atoms with E-state index in [2.05, 4.69) is 17.3 Å². The molecule has 0 radical (unpaired) electrons. The molecule has 1 heterocycles. The summed E-state index contributed by atoms with van der Waals surface area (Å²) >= 11 is 0. The predicted molar refractivity (Wildman–Crippen MR) is 91.5 cm³/mol. The van der Waals surface area contributed by atoms with Gasteiger partial charge in [0.25, 0.3) is 5.91 Å². The number of nitrogen functional groups attached to an aromatic ring is 1. The van der Waals surface area contributed by atoms with Crippen molar-refractivity contribution in [2.75, 3.05) is 38.2 Å². The summed E-state index contributed by atoms with van der Waals surface area (Å²) in [6.07, 6.45) is 3.32. The standard InChI is InChI=1S/C17H23N5O/c1-21-9-7-16(8-10-21)22(2)17(23)13(11-18)12-20-15-5-3-14(19)4-6-15/h3-6,12,16,20H,7-10,19H2,1-2H3/b13-12-. The Balaban J connectivity index is 2.01. The smallest absolute Gasteiger partial charge is 0.266 e. The number of nitrogens with one attached hydrogen (secondary N) is 1. The Labute approximate surface area is 137 Å². The lowest BCUT2D eigenvalue weighted by atomic mass is 10.0. The molecule has 0 spiro atoms. The lowest BCUT2D eigenvalue weighted by Gasteiger charge is -2.34. The number of hydrogen-bond donors (Lipinski definition) is 2. The van der Waals surface area contributed by atoms with E-state index in [0.717, 1.165) is 31.6 Å². The minimum absolute atomic E-state index is 0.100. The number of nitriles is 1. The van der Waals surface area contributed by atoms with Gasteiger partial charge in [0.1, 0.15) is 11.6 Å². The molecule has 23 heavy (non-hydrogen) atoms. The number of piperidine rings is 1. The Hall–Kier alpha value is -2.52. The Kier molecular flexibility index (Phi) is 5.61. The van der Waals surface area contributed by atoms with Gasteiger partial charge in [0.2, 0.25) is 0 Å². The number of hydrogen-bond acceptors (Lipinski definition) is 5. The van der Waals surface area contributed by atoms with Crippen molar-refractivity contribution in [3.63, 3.8) is 0 Å². The monoisotopic (exact) mass is 313 g/mol. The molecule has 1 aromatic rings. The number of amides is 1. The highest BCUT2D eigenvalue weighted by Gasteiger charge is 2.25. The van der Waals surface area contributed by atoms with Crippen LogP contribution in [0.2, 0.25) is 0 Å². The highest BCUT2D eigenvalue weighted by Crippen LogP contribution is 2.16. The molecule has 0 unspecified atom stereocenters. The van der Waals surface area contributed by atoms with E-state index in [4.69, 9.17) is 5.73 Å². The van der Waals surface area contributed by atoms with Gasteiger partial charge in [0.15, 0.2) is 0 Å². The van der Waals surface area contributed by atoms with Crippen LogP contribution in [0.5, 0.6) is 0 Å². The van der Waals surface area contributed by atoms with Gasteiger partial charge in [-0.15, -0.1) is 0 Å². The van der Waals surface area contributed by atoms with Gasteiger partial charge in [0.05, 0.1) is 0 Å². The van der Waals surface area contributed by atoms with Crippen molar-refractivity contribution in [1.29, 1.82) is 5.26 Å². The molecular formula is C17H23N5O. The summed E-state index contributed by atoms with van der Waals surface area (Å²) in [6, 6.07) is 9.28. The van der Waals surface area contributed by atoms with E-state index in [1.165, 1.54) is 6.20 Å². The minimum atomic E-state index is -0.245. The fourth-order valence-electron chi connectivity index (χ4n) is 2.61. The van der Waals surface area contributed by atoms with Crippen molar-refractivity contribution in [3.05, 3.63) is 36.0 Å². The SMILES string of the molecule is CN1CCC(N(C)C(=O)/C(C#N)=C\Nc2ccc(N)cc2)CC1. The zero-order valence-electron chi connectivity index (χ0n) is 13.6. The first kappa shape index (κ1) is 16.8. The van der Waals surface area contributed by atoms with E-state index in [1.54, 1.807) is 36.2 Å². The molecular weight excluding hydrogens is 290 g/mol. The molecule has 0 aliphatic carbocycles. The van der Waals surface area contributed by atoms with Gasteiger partial charge < -0.3 is 20.9 Å². The average molecular weight is 313 g/mol. The quantitative estimate of drug-likeness (QED) is 0.501. The molecule has 3 N–H and O–H groups in total. The minimum Gasteiger partial charge on any atom is -0.399 e. The third-order valence-electron chi connectivity index (χ3n) is 4.20. The molecule has 6 heteroatoms. The molecule has 1 aliphatic rings. The predicted octanol–water partition coefficient (Wildman–Crippen LogP) is 1.64. The van der Waals surface area contributed by atoms with Crippen molar-refractivity contribution < 1.29 is 4.79 Å². The van der Waals surface area contributed by atoms with Crippen molar-refractivity contribution in [2.24, 2.45) is 0 Å². The fourth-order valence-corrected chi connectivity index (χ4v) is 2.61. The molecule has 122 valence electrons. The van der Waals surface area contributed by atoms with E-state index >= 15 is 0 Å². The molecule has 0 aromatic heterocycles. The number of likely N-dealkylation sites (N-methyl/N-ethyl adjacent to an activating group) is 1. The summed E-state index contributed by atoms with van der Waals surface area (Å²) in [5.74, 6) is -0.245. The van der Waals surface area contributed by atoms with Gasteiger partial charge in [0, 0.05) is 30.7 Å². The van der Waals surface area contributed by atoms with Crippen molar-refractivity contribution >= 4 is 17.3 Å². The van der Waals surface area contributed by atoms with E-state index in [1.807, 2.05) is 6.07 Å². The van der Waals surface area contributed by atoms with Crippen LogP contribution in [-0.2, 0) is 4.79 Å². The summed E-state index contributed by atoms with van der Waals surface area (Å²) in [7, 11) is 3.85. The van der Waals surface area contributed by atoms with Crippen LogP contribution in [0.4, 0.5) is 11.4 Å². The molecule has 1 saturated heterocycles. The Morgan fingerprint density at radius 2 is 2.00 bits per heavy atom. The average Bonchev–Trinajstić information content (AvgIpc) is 2.57. The second-order valence-electron chi connectivity index (χ2n) is 5.89. The van der Waals surface area contributed by atoms with Crippen LogP contribution in [-0.4, -0.2) is 48.9 Å². The second kappa shape index (κ2) is 7.65. The molecule has 1 amide bonds. The molecule has 0 atom stereocenters. The number of anilines is 2. The first-order chi connectivity index (χ1) is 11.0. The van der Waals surface area contributed by atoms with Gasteiger partial charge in [-0.05, 0) is 57.2 Å². The molecule has 1 aliphatic heterocycles. The topological polar surface area (TPSA) is 85.4 Å². The van der Waals surface area contributed by atoms with Crippen molar-refractivity contribution in [2.45, 2.75) is 18.9 Å². The Morgan fingerprint density at radius 3 is 2.57 bits per heavy atom. The molecule has 1 aromatic carbocycles. The second-order valence-corrected chi connectivity index (χ2v) is 5.89. The molecule has 1 fully saturated rings. The maximum absolute atomic E-state index is 12.5. The normalized spacial score (nSPS) is 16.7. The highest BCUT2D eigenvalue weighted by molar-refractivity contribution is 5.97. The maximum Gasteiger partial charge on any atom is 0.266 e. The summed E-state index contributed by atoms with van der Waals surface area (Å²) in [5, 5.41) is 12.2. The largest absolute Gasteiger partial charge is 0.399 e. The van der Waals surface area contributed by atoms with E-state index in [9.17, 15) is 10.1 Å². The van der Waals surface area contributed by atoms with Gasteiger partial charge in [-0.1, -0.05) is 0 Å². The third-order valence-corrected chi connectivity index (χ3v) is 4.20. The number of likely N-dealkylation sites (tertiary alicyclic amines) is 1. The molecule has 0 bridgehead atoms. The van der Waals surface area contributed by atoms with E-state index < -0.39 is 0 Å². The first-order valence-electron chi connectivity index (χ1n) is 7.69. The summed E-state index contributed by atoms with van der Waals surface area (Å²) in [4.78, 5) is 16.4. The number of carbonyl (C=O) groups excluding carboxylic acids is 1. The molecule has 6 nitrogen and oxygen atoms in total. The molecule has 2 rings (SSSR count). The zero-order valence-corrected chi connectivity index (χ0v) is 13.6. The highest BCUT2D eigenvalue weighted by atomic mass is 16.2. The first-order valence-corrected chi connectivity index (χ1v) is 7.69. The summed E-state index contributed by atoms with van der Waals surface area (Å²) in [6.45, 7) is 1.94. The van der Waals surface area contributed by atoms with Crippen LogP contribution in [0, 0.1) is 11.3 Å². The number of nitrogens with zero attached hydrogens (tertiary/aromatic N) is 3. The van der Waals surface area contributed by atoms with Crippen LogP contribution in [0.25, 0.3) is 0 Å². The maximum atomic E-state index is 12.5. The van der Waals surface area contributed by atoms with Gasteiger partial charge >= 0.3 is 0 Å². The third kappa shape index (κ3) is 4.47. The van der Waals surface area contributed by atoms with Gasteiger partial charge in [-0.25, -0.2) is 0 Å². The fraction of sp³-hybridized carbons (Fsp3) is 0.412. The van der Waals surface area contributed by atoms with Crippen LogP contribution in [0.1, 0.15) is 12.8 Å². The molecule has 0 saturated carbocycles. The van der Waals surface area contributed by atoms with Crippen LogP contribution in [0.15, 0.2) is 36.0 Å². The number of benzene rings is 1. The van der Waals surface area contributed by atoms with E-state index in [-0.39, 0.29) is 17.5 Å². The lowest BCUT2D eigenvalue weighted by molar-refractivity contribution is -0.128. The summed E-state index contributed by atoms with van der Waals surface area (Å²) in [5.41, 5.74) is 7.17. The van der Waals surface area contributed by atoms with Crippen LogP contribution >= 0.6 is 0 Å². The number of carbonyl (C=O) groups is 1. The number of rotatable bonds is 4. The Morgan fingerprint density at radius 1 is 1.39 bits per heavy atom. The van der Waals surface area contributed by atoms with Crippen molar-refractivity contribution in [3.8, 4) is 6.07 Å². The van der Waals surface area contributed by atoms with Gasteiger partial charge in [-0.3, -0.25) is 4.79 Å². The van der Waals surface area contributed by atoms with Crippen LogP contribution in [0.3, 0.4) is 0 Å².